The van der Waals surface area contributed by atoms with Gasteiger partial charge in [0.1, 0.15) is 7.85 Å². The van der Waals surface area contributed by atoms with E-state index in [9.17, 15) is 4.79 Å². The Bertz CT molecular complexity index is 632. The number of rotatable bonds is 5. The van der Waals surface area contributed by atoms with Gasteiger partial charge in [0, 0.05) is 0 Å². The Hall–Kier alpha value is -2.03. The number of benzene rings is 2. The molecule has 0 saturated carbocycles. The molecule has 0 saturated heterocycles. The molecule has 108 valence electrons. The molecular formula is C18H21BO2. The van der Waals surface area contributed by atoms with E-state index in [4.69, 9.17) is 5.11 Å². The number of hydrogen-bond donors (Lipinski definition) is 1. The second-order valence-electron chi connectivity index (χ2n) is 5.65. The Kier molecular flexibility index (Phi) is 4.84. The SMILES string of the molecule is Bc1cc(-c2ccc(C(C)CCC)cc2)ccc1C(=O)O. The zero-order chi connectivity index (χ0) is 15.4. The van der Waals surface area contributed by atoms with Crippen molar-refractivity contribution in [1.29, 1.82) is 0 Å². The number of hydrogen-bond acceptors (Lipinski definition) is 1. The van der Waals surface area contributed by atoms with Gasteiger partial charge in [0.2, 0.25) is 0 Å². The summed E-state index contributed by atoms with van der Waals surface area (Å²) in [6.07, 6.45) is 2.39. The third-order valence-corrected chi connectivity index (χ3v) is 3.99. The van der Waals surface area contributed by atoms with Crippen molar-refractivity contribution in [2.45, 2.75) is 32.6 Å². The van der Waals surface area contributed by atoms with E-state index in [0.717, 1.165) is 16.6 Å². The van der Waals surface area contributed by atoms with E-state index in [2.05, 4.69) is 38.1 Å². The van der Waals surface area contributed by atoms with Gasteiger partial charge in [-0.15, -0.1) is 0 Å². The van der Waals surface area contributed by atoms with Crippen LogP contribution in [0.1, 0.15) is 48.5 Å². The maximum atomic E-state index is 11.1. The first-order valence-corrected chi connectivity index (χ1v) is 7.47. The van der Waals surface area contributed by atoms with Crippen LogP contribution in [0.25, 0.3) is 11.1 Å². The van der Waals surface area contributed by atoms with E-state index in [-0.39, 0.29) is 0 Å². The van der Waals surface area contributed by atoms with Crippen LogP contribution >= 0.6 is 0 Å². The summed E-state index contributed by atoms with van der Waals surface area (Å²) in [6.45, 7) is 4.46. The number of carbonyl (C=O) groups is 1. The summed E-state index contributed by atoms with van der Waals surface area (Å²) < 4.78 is 0. The third kappa shape index (κ3) is 3.54. The quantitative estimate of drug-likeness (QED) is 0.854. The van der Waals surface area contributed by atoms with Gasteiger partial charge in [0.05, 0.1) is 5.56 Å². The van der Waals surface area contributed by atoms with Gasteiger partial charge in [-0.1, -0.05) is 62.1 Å². The van der Waals surface area contributed by atoms with E-state index < -0.39 is 5.97 Å². The van der Waals surface area contributed by atoms with Crippen molar-refractivity contribution in [3.8, 4) is 11.1 Å². The van der Waals surface area contributed by atoms with E-state index in [1.54, 1.807) is 6.07 Å². The molecule has 0 aliphatic carbocycles. The minimum Gasteiger partial charge on any atom is -0.478 e. The molecule has 0 aliphatic rings. The highest BCUT2D eigenvalue weighted by Gasteiger charge is 2.09. The molecule has 2 aromatic carbocycles. The Balaban J connectivity index is 2.26. The minimum atomic E-state index is -0.872. The highest BCUT2D eigenvalue weighted by atomic mass is 16.4. The molecule has 0 fully saturated rings. The molecule has 0 amide bonds. The van der Waals surface area contributed by atoms with Gasteiger partial charge in [-0.2, -0.15) is 0 Å². The summed E-state index contributed by atoms with van der Waals surface area (Å²) in [6, 6.07) is 14.1. The molecule has 0 aliphatic heterocycles. The van der Waals surface area contributed by atoms with E-state index in [1.165, 1.54) is 18.4 Å². The van der Waals surface area contributed by atoms with Crippen molar-refractivity contribution in [2.75, 3.05) is 0 Å². The normalized spacial score (nSPS) is 12.1. The molecule has 2 aromatic rings. The third-order valence-electron chi connectivity index (χ3n) is 3.99. The summed E-state index contributed by atoms with van der Waals surface area (Å²) in [5.41, 5.74) is 4.71. The first kappa shape index (κ1) is 15.4. The van der Waals surface area contributed by atoms with Crippen molar-refractivity contribution in [3.63, 3.8) is 0 Å². The average molecular weight is 280 g/mol. The van der Waals surface area contributed by atoms with Crippen LogP contribution in [0, 0.1) is 0 Å². The number of carboxylic acids is 1. The molecule has 1 N–H and O–H groups in total. The molecular weight excluding hydrogens is 259 g/mol. The standard InChI is InChI=1S/C18H21BO2/c1-3-4-12(2)13-5-7-14(8-6-13)15-9-10-16(18(20)21)17(19)11-15/h5-12H,3-4,19H2,1-2H3,(H,20,21). The fourth-order valence-electron chi connectivity index (χ4n) is 2.69. The van der Waals surface area contributed by atoms with Gasteiger partial charge in [0.25, 0.3) is 0 Å². The lowest BCUT2D eigenvalue weighted by molar-refractivity contribution is 0.0698. The van der Waals surface area contributed by atoms with Crippen LogP contribution in [-0.2, 0) is 0 Å². The molecule has 0 bridgehead atoms. The van der Waals surface area contributed by atoms with E-state index >= 15 is 0 Å². The zero-order valence-electron chi connectivity index (χ0n) is 12.9. The summed E-state index contributed by atoms with van der Waals surface area (Å²) in [7, 11) is 1.84. The molecule has 0 spiro atoms. The Morgan fingerprint density at radius 1 is 1.14 bits per heavy atom. The topological polar surface area (TPSA) is 37.3 Å². The molecule has 0 aromatic heterocycles. The van der Waals surface area contributed by atoms with E-state index in [1.807, 2.05) is 20.0 Å². The van der Waals surface area contributed by atoms with Crippen LogP contribution in [-0.4, -0.2) is 18.9 Å². The highest BCUT2D eigenvalue weighted by Crippen LogP contribution is 2.25. The second-order valence-corrected chi connectivity index (χ2v) is 5.65. The lowest BCUT2D eigenvalue weighted by Gasteiger charge is -2.12. The van der Waals surface area contributed by atoms with Gasteiger partial charge in [-0.3, -0.25) is 0 Å². The summed E-state index contributed by atoms with van der Waals surface area (Å²) in [5, 5.41) is 9.08. The summed E-state index contributed by atoms with van der Waals surface area (Å²) in [4.78, 5) is 11.1. The van der Waals surface area contributed by atoms with Crippen LogP contribution in [0.5, 0.6) is 0 Å². The smallest absolute Gasteiger partial charge is 0.335 e. The van der Waals surface area contributed by atoms with Crippen molar-refractivity contribution >= 4 is 19.3 Å². The lowest BCUT2D eigenvalue weighted by atomic mass is 9.87. The largest absolute Gasteiger partial charge is 0.478 e. The molecule has 3 heteroatoms. The predicted molar refractivity (Wildman–Crippen MR) is 90.3 cm³/mol. The van der Waals surface area contributed by atoms with Gasteiger partial charge in [0.15, 0.2) is 0 Å². The molecule has 21 heavy (non-hydrogen) atoms. The molecule has 1 atom stereocenters. The first-order chi connectivity index (χ1) is 10.0. The molecule has 0 radical (unpaired) electrons. The van der Waals surface area contributed by atoms with Gasteiger partial charge in [-0.25, -0.2) is 4.79 Å². The lowest BCUT2D eigenvalue weighted by Crippen LogP contribution is -2.15. The highest BCUT2D eigenvalue weighted by molar-refractivity contribution is 6.36. The average Bonchev–Trinajstić information content (AvgIpc) is 2.47. The summed E-state index contributed by atoms with van der Waals surface area (Å²) in [5.74, 6) is -0.289. The Morgan fingerprint density at radius 2 is 1.76 bits per heavy atom. The van der Waals surface area contributed by atoms with E-state index in [0.29, 0.717) is 11.5 Å². The van der Waals surface area contributed by atoms with Gasteiger partial charge in [-0.05, 0) is 35.1 Å². The number of aromatic carboxylic acids is 1. The molecule has 2 rings (SSSR count). The Labute approximate surface area is 127 Å². The maximum Gasteiger partial charge on any atom is 0.335 e. The fraction of sp³-hybridized carbons (Fsp3) is 0.278. The zero-order valence-corrected chi connectivity index (χ0v) is 12.9. The number of carboxylic acid groups (broad SMARTS) is 1. The van der Waals surface area contributed by atoms with Crippen LogP contribution in [0.3, 0.4) is 0 Å². The fourth-order valence-corrected chi connectivity index (χ4v) is 2.69. The Morgan fingerprint density at radius 3 is 2.29 bits per heavy atom. The van der Waals surface area contributed by atoms with Crippen molar-refractivity contribution in [2.24, 2.45) is 0 Å². The molecule has 2 nitrogen and oxygen atoms in total. The van der Waals surface area contributed by atoms with Crippen LogP contribution in [0.2, 0.25) is 0 Å². The first-order valence-electron chi connectivity index (χ1n) is 7.47. The van der Waals surface area contributed by atoms with Crippen LogP contribution in [0.4, 0.5) is 0 Å². The van der Waals surface area contributed by atoms with Crippen molar-refractivity contribution in [1.82, 2.24) is 0 Å². The molecule has 1 unspecified atom stereocenters. The van der Waals surface area contributed by atoms with Crippen molar-refractivity contribution in [3.05, 3.63) is 53.6 Å². The van der Waals surface area contributed by atoms with Gasteiger partial charge >= 0.3 is 5.97 Å². The maximum absolute atomic E-state index is 11.1. The van der Waals surface area contributed by atoms with Crippen LogP contribution < -0.4 is 5.46 Å². The molecule has 0 heterocycles. The van der Waals surface area contributed by atoms with Gasteiger partial charge < -0.3 is 5.11 Å². The summed E-state index contributed by atoms with van der Waals surface area (Å²) >= 11 is 0. The minimum absolute atomic E-state index is 0.368. The van der Waals surface area contributed by atoms with Crippen molar-refractivity contribution < 1.29 is 9.90 Å². The van der Waals surface area contributed by atoms with Crippen LogP contribution in [0.15, 0.2) is 42.5 Å². The monoisotopic (exact) mass is 280 g/mol. The second kappa shape index (κ2) is 6.62. The predicted octanol–water partition coefficient (Wildman–Crippen LogP) is 3.21.